The zero-order chi connectivity index (χ0) is 25.3. The monoisotopic (exact) mass is 476 g/mol. The molecule has 4 rings (SSSR count). The van der Waals surface area contributed by atoms with Crippen molar-refractivity contribution >= 4 is 11.6 Å². The zero-order valence-electron chi connectivity index (χ0n) is 21.1. The van der Waals surface area contributed by atoms with Gasteiger partial charge in [0.1, 0.15) is 0 Å². The molecule has 0 radical (unpaired) electrons. The highest BCUT2D eigenvalue weighted by Gasteiger charge is 2.34. The maximum absolute atomic E-state index is 13.3. The number of nitrogens with two attached hydrogens (primary N) is 1. The van der Waals surface area contributed by atoms with E-state index in [1.807, 2.05) is 45.2 Å². The number of aryl methyl sites for hydroxylation is 1. The number of anilines is 1. The maximum atomic E-state index is 13.3. The number of aromatic nitrogens is 4. The molecule has 1 amide bonds. The number of rotatable bonds is 8. The van der Waals surface area contributed by atoms with E-state index in [0.29, 0.717) is 35.1 Å². The van der Waals surface area contributed by atoms with Crippen molar-refractivity contribution in [3.8, 4) is 22.9 Å². The fourth-order valence-electron chi connectivity index (χ4n) is 4.17. The molecular formula is C26H32N6O3. The summed E-state index contributed by atoms with van der Waals surface area (Å²) >= 11 is 0. The van der Waals surface area contributed by atoms with Gasteiger partial charge in [-0.2, -0.15) is 5.10 Å². The molecule has 0 fully saturated rings. The smallest absolute Gasteiger partial charge is 0.260 e. The number of methoxy groups -OCH3 is 2. The van der Waals surface area contributed by atoms with E-state index in [1.165, 1.54) is 0 Å². The van der Waals surface area contributed by atoms with Crippen LogP contribution in [0.2, 0.25) is 0 Å². The van der Waals surface area contributed by atoms with Crippen molar-refractivity contribution in [3.63, 3.8) is 0 Å². The second kappa shape index (κ2) is 9.40. The normalized spacial score (nSPS) is 13.8. The molecule has 0 atom stereocenters. The summed E-state index contributed by atoms with van der Waals surface area (Å²) in [5.41, 5.74) is 11.0. The predicted octanol–water partition coefficient (Wildman–Crippen LogP) is 4.20. The molecule has 1 aliphatic rings. The number of hydrogen-bond acceptors (Lipinski definition) is 7. The summed E-state index contributed by atoms with van der Waals surface area (Å²) in [7, 11) is 3.11. The van der Waals surface area contributed by atoms with Crippen LogP contribution in [0, 0.1) is 6.92 Å². The topological polar surface area (TPSA) is 108 Å². The van der Waals surface area contributed by atoms with Gasteiger partial charge in [-0.05, 0) is 44.9 Å². The van der Waals surface area contributed by atoms with E-state index in [1.54, 1.807) is 36.2 Å². The summed E-state index contributed by atoms with van der Waals surface area (Å²) in [6.45, 7) is 8.42. The molecule has 35 heavy (non-hydrogen) atoms. The summed E-state index contributed by atoms with van der Waals surface area (Å²) in [6, 6.07) is 3.73. The van der Waals surface area contributed by atoms with E-state index >= 15 is 0 Å². The second-order valence-electron chi connectivity index (χ2n) is 9.12. The standard InChI is InChI=1S/C26H32N6O3/c1-7-8-9-22(27)26(3,4)32-14-18(13-29-32)31-15-20-23(25(31)33)16(2)10-19(30-20)17-11-21(34-5)24(35-6)28-12-17/h9-14H,7-8,15,27H2,1-6H3/b22-9+. The van der Waals surface area contributed by atoms with Crippen molar-refractivity contribution in [2.45, 2.75) is 52.6 Å². The Balaban J connectivity index is 1.64. The minimum atomic E-state index is -0.509. The van der Waals surface area contributed by atoms with E-state index in [4.69, 9.17) is 20.2 Å². The number of hydrogen-bond donors (Lipinski definition) is 1. The fraction of sp³-hybridized carbons (Fsp3) is 0.385. The number of unbranched alkanes of at least 4 members (excludes halogenated alkanes) is 1. The van der Waals surface area contributed by atoms with E-state index in [2.05, 4.69) is 17.0 Å². The van der Waals surface area contributed by atoms with Crippen LogP contribution in [0.15, 0.2) is 42.5 Å². The predicted molar refractivity (Wildman–Crippen MR) is 135 cm³/mol. The lowest BCUT2D eigenvalue weighted by Gasteiger charge is -2.26. The average Bonchev–Trinajstić information content (AvgIpc) is 3.47. The lowest BCUT2D eigenvalue weighted by molar-refractivity contribution is 0.0996. The van der Waals surface area contributed by atoms with Gasteiger partial charge in [-0.3, -0.25) is 19.4 Å². The molecule has 0 saturated carbocycles. The van der Waals surface area contributed by atoms with Gasteiger partial charge in [0, 0.05) is 23.7 Å². The molecule has 3 aromatic heterocycles. The Kier molecular flexibility index (Phi) is 6.51. The molecule has 0 saturated heterocycles. The average molecular weight is 477 g/mol. The van der Waals surface area contributed by atoms with Gasteiger partial charge in [0.25, 0.3) is 11.8 Å². The highest BCUT2D eigenvalue weighted by Crippen LogP contribution is 2.34. The molecule has 2 N–H and O–H groups in total. The summed E-state index contributed by atoms with van der Waals surface area (Å²) in [4.78, 5) is 24.2. The quantitative estimate of drug-likeness (QED) is 0.519. The molecule has 0 aromatic carbocycles. The van der Waals surface area contributed by atoms with Crippen molar-refractivity contribution in [2.75, 3.05) is 19.1 Å². The third-order valence-corrected chi connectivity index (χ3v) is 6.40. The highest BCUT2D eigenvalue weighted by molar-refractivity contribution is 6.10. The van der Waals surface area contributed by atoms with Crippen molar-refractivity contribution in [3.05, 3.63) is 59.3 Å². The summed E-state index contributed by atoms with van der Waals surface area (Å²) in [6.07, 6.45) is 9.22. The maximum Gasteiger partial charge on any atom is 0.260 e. The first-order valence-electron chi connectivity index (χ1n) is 11.6. The van der Waals surface area contributed by atoms with Gasteiger partial charge in [0.15, 0.2) is 5.75 Å². The fourth-order valence-corrected chi connectivity index (χ4v) is 4.17. The minimum absolute atomic E-state index is 0.0890. The van der Waals surface area contributed by atoms with Crippen LogP contribution in [-0.2, 0) is 12.1 Å². The third kappa shape index (κ3) is 4.34. The molecular weight excluding hydrogens is 444 g/mol. The van der Waals surface area contributed by atoms with Gasteiger partial charge in [-0.1, -0.05) is 19.4 Å². The summed E-state index contributed by atoms with van der Waals surface area (Å²) in [5.74, 6) is 0.833. The Labute approximate surface area is 205 Å². The van der Waals surface area contributed by atoms with Crippen molar-refractivity contribution < 1.29 is 14.3 Å². The SMILES string of the molecule is CCC/C=C(/N)C(C)(C)n1cc(N2Cc3nc(-c4cnc(OC)c(OC)c4)cc(C)c3C2=O)cn1. The summed E-state index contributed by atoms with van der Waals surface area (Å²) in [5, 5.41) is 4.53. The molecule has 0 spiro atoms. The molecule has 4 heterocycles. The number of allylic oxidation sites excluding steroid dienone is 2. The molecule has 9 nitrogen and oxygen atoms in total. The van der Waals surface area contributed by atoms with Gasteiger partial charge in [-0.15, -0.1) is 0 Å². The Morgan fingerprint density at radius 3 is 2.69 bits per heavy atom. The Hall–Kier alpha value is -3.88. The zero-order valence-corrected chi connectivity index (χ0v) is 21.1. The number of ether oxygens (including phenoxy) is 2. The molecule has 0 aliphatic carbocycles. The van der Waals surface area contributed by atoms with Crippen molar-refractivity contribution in [1.82, 2.24) is 19.7 Å². The molecule has 3 aromatic rings. The lowest BCUT2D eigenvalue weighted by atomic mass is 10.00. The van der Waals surface area contributed by atoms with Crippen LogP contribution in [-0.4, -0.2) is 39.9 Å². The van der Waals surface area contributed by atoms with E-state index in [-0.39, 0.29) is 5.91 Å². The van der Waals surface area contributed by atoms with Crippen LogP contribution in [0.25, 0.3) is 11.3 Å². The van der Waals surface area contributed by atoms with E-state index in [0.717, 1.165) is 35.4 Å². The molecule has 1 aliphatic heterocycles. The van der Waals surface area contributed by atoms with Crippen LogP contribution in [0.3, 0.4) is 0 Å². The lowest BCUT2D eigenvalue weighted by Crippen LogP contribution is -2.33. The molecule has 0 unspecified atom stereocenters. The van der Waals surface area contributed by atoms with Crippen LogP contribution in [0.5, 0.6) is 11.6 Å². The molecule has 0 bridgehead atoms. The Bertz CT molecular complexity index is 1290. The first kappa shape index (κ1) is 24.3. The number of carbonyl (C=O) groups excluding carboxylic acids is 1. The first-order valence-corrected chi connectivity index (χ1v) is 11.6. The number of fused-ring (bicyclic) bond motifs is 1. The Morgan fingerprint density at radius 2 is 2.00 bits per heavy atom. The Morgan fingerprint density at radius 1 is 1.23 bits per heavy atom. The minimum Gasteiger partial charge on any atom is -0.491 e. The second-order valence-corrected chi connectivity index (χ2v) is 9.12. The first-order chi connectivity index (χ1) is 16.7. The number of pyridine rings is 2. The molecule has 184 valence electrons. The van der Waals surface area contributed by atoms with E-state index < -0.39 is 5.54 Å². The summed E-state index contributed by atoms with van der Waals surface area (Å²) < 4.78 is 12.4. The van der Waals surface area contributed by atoms with Crippen LogP contribution < -0.4 is 20.1 Å². The number of amides is 1. The van der Waals surface area contributed by atoms with Gasteiger partial charge in [-0.25, -0.2) is 4.98 Å². The van der Waals surface area contributed by atoms with Gasteiger partial charge >= 0.3 is 0 Å². The molecule has 9 heteroatoms. The van der Waals surface area contributed by atoms with Gasteiger partial charge in [0.05, 0.1) is 55.1 Å². The largest absolute Gasteiger partial charge is 0.491 e. The third-order valence-electron chi connectivity index (χ3n) is 6.40. The van der Waals surface area contributed by atoms with E-state index in [9.17, 15) is 4.79 Å². The van der Waals surface area contributed by atoms with Crippen LogP contribution in [0.4, 0.5) is 5.69 Å². The van der Waals surface area contributed by atoms with Crippen molar-refractivity contribution in [2.24, 2.45) is 5.73 Å². The van der Waals surface area contributed by atoms with Crippen LogP contribution in [0.1, 0.15) is 55.2 Å². The number of carbonyl (C=O) groups is 1. The van der Waals surface area contributed by atoms with Gasteiger partial charge in [0.2, 0.25) is 0 Å². The van der Waals surface area contributed by atoms with Crippen molar-refractivity contribution in [1.29, 1.82) is 0 Å². The van der Waals surface area contributed by atoms with Gasteiger partial charge < -0.3 is 15.2 Å². The highest BCUT2D eigenvalue weighted by atomic mass is 16.5. The number of nitrogens with zero attached hydrogens (tertiary/aromatic N) is 5. The van der Waals surface area contributed by atoms with Crippen LogP contribution >= 0.6 is 0 Å².